The molecule has 1 saturated heterocycles. The van der Waals surface area contributed by atoms with Gasteiger partial charge >= 0.3 is 5.97 Å². The molecule has 1 aromatic rings. The largest absolute Gasteiger partial charge is 0.480 e. The van der Waals surface area contributed by atoms with Crippen LogP contribution in [0.3, 0.4) is 0 Å². The second kappa shape index (κ2) is 6.33. The van der Waals surface area contributed by atoms with Crippen molar-refractivity contribution in [1.82, 2.24) is 4.90 Å². The van der Waals surface area contributed by atoms with Gasteiger partial charge in [-0.3, -0.25) is 14.5 Å². The molecule has 1 aromatic carbocycles. The fourth-order valence-electron chi connectivity index (χ4n) is 2.83. The molecular weight excluding hydrogens is 332 g/mol. The zero-order chi connectivity index (χ0) is 16.6. The number of carbonyl (C=O) groups excluding carboxylic acids is 1. The van der Waals surface area contributed by atoms with E-state index in [0.29, 0.717) is 9.23 Å². The number of hydrogen-bond acceptors (Lipinski definition) is 5. The van der Waals surface area contributed by atoms with Crippen LogP contribution in [0, 0.1) is 0 Å². The van der Waals surface area contributed by atoms with Gasteiger partial charge < -0.3 is 10.0 Å². The highest BCUT2D eigenvalue weighted by Gasteiger charge is 2.33. The highest BCUT2D eigenvalue weighted by atomic mass is 32.2. The van der Waals surface area contributed by atoms with E-state index in [2.05, 4.69) is 24.0 Å². The van der Waals surface area contributed by atoms with Gasteiger partial charge in [0.1, 0.15) is 10.9 Å². The van der Waals surface area contributed by atoms with Gasteiger partial charge in [0.25, 0.3) is 5.91 Å². The number of aliphatic carboxylic acids is 1. The number of fused-ring (bicyclic) bond motifs is 1. The van der Waals surface area contributed by atoms with Crippen molar-refractivity contribution in [3.05, 3.63) is 34.2 Å². The van der Waals surface area contributed by atoms with Crippen LogP contribution < -0.4 is 4.90 Å². The van der Waals surface area contributed by atoms with Crippen LogP contribution >= 0.6 is 24.0 Å². The Bertz CT molecular complexity index is 730. The molecule has 0 aromatic heterocycles. The molecule has 0 saturated carbocycles. The second-order valence-electron chi connectivity index (χ2n) is 5.38. The molecule has 1 N–H and O–H groups in total. The van der Waals surface area contributed by atoms with Crippen LogP contribution in [0.4, 0.5) is 5.69 Å². The summed E-state index contributed by atoms with van der Waals surface area (Å²) in [6.45, 7) is 3.75. The quantitative estimate of drug-likeness (QED) is 0.666. The number of anilines is 1. The molecule has 120 valence electrons. The Labute approximate surface area is 143 Å². The topological polar surface area (TPSA) is 60.9 Å². The van der Waals surface area contributed by atoms with Crippen LogP contribution in [-0.4, -0.2) is 45.8 Å². The Morgan fingerprint density at radius 2 is 2.26 bits per heavy atom. The minimum atomic E-state index is -1.07. The van der Waals surface area contributed by atoms with Crippen molar-refractivity contribution >= 4 is 51.9 Å². The van der Waals surface area contributed by atoms with E-state index in [4.69, 9.17) is 17.3 Å². The Balaban J connectivity index is 1.84. The third-order valence-corrected chi connectivity index (χ3v) is 5.32. The van der Waals surface area contributed by atoms with Crippen molar-refractivity contribution in [2.75, 3.05) is 24.5 Å². The molecular formula is C16H16N2O3S2. The number of thiocarbonyl (C=S) groups is 1. The van der Waals surface area contributed by atoms with E-state index in [9.17, 15) is 9.59 Å². The van der Waals surface area contributed by atoms with Crippen LogP contribution in [0.5, 0.6) is 0 Å². The molecule has 0 unspecified atom stereocenters. The predicted molar refractivity (Wildman–Crippen MR) is 95.5 cm³/mol. The summed E-state index contributed by atoms with van der Waals surface area (Å²) in [5.74, 6) is -1.40. The number of likely N-dealkylation sites (N-methyl/N-ethyl adjacent to an activating group) is 1. The molecule has 0 bridgehead atoms. The van der Waals surface area contributed by atoms with E-state index in [1.807, 2.05) is 6.07 Å². The van der Waals surface area contributed by atoms with Crippen LogP contribution in [-0.2, 0) is 16.0 Å². The lowest BCUT2D eigenvalue weighted by molar-refractivity contribution is -0.140. The first-order valence-electron chi connectivity index (χ1n) is 7.34. The maximum absolute atomic E-state index is 12.3. The van der Waals surface area contributed by atoms with Gasteiger partial charge in [-0.25, -0.2) is 0 Å². The normalized spacial score (nSPS) is 18.9. The first kappa shape index (κ1) is 16.0. The molecule has 1 amide bonds. The van der Waals surface area contributed by atoms with Crippen LogP contribution in [0.1, 0.15) is 18.1 Å². The molecule has 2 heterocycles. The summed E-state index contributed by atoms with van der Waals surface area (Å²) in [4.78, 5) is 27.0. The molecule has 2 aliphatic rings. The average molecular weight is 348 g/mol. The lowest BCUT2D eigenvalue weighted by Gasteiger charge is -2.16. The van der Waals surface area contributed by atoms with Crippen molar-refractivity contribution in [3.63, 3.8) is 0 Å². The lowest BCUT2D eigenvalue weighted by Crippen LogP contribution is -2.33. The zero-order valence-corrected chi connectivity index (χ0v) is 14.2. The monoisotopic (exact) mass is 348 g/mol. The number of carboxylic acids is 1. The summed E-state index contributed by atoms with van der Waals surface area (Å²) >= 11 is 6.25. The van der Waals surface area contributed by atoms with E-state index >= 15 is 0 Å². The molecule has 5 nitrogen and oxygen atoms in total. The number of carbonyl (C=O) groups is 2. The van der Waals surface area contributed by atoms with E-state index < -0.39 is 12.5 Å². The first-order valence-corrected chi connectivity index (χ1v) is 8.57. The van der Waals surface area contributed by atoms with Crippen molar-refractivity contribution in [2.45, 2.75) is 13.3 Å². The van der Waals surface area contributed by atoms with Gasteiger partial charge in [0.05, 0.1) is 4.91 Å². The molecule has 0 spiro atoms. The lowest BCUT2D eigenvalue weighted by atomic mass is 10.1. The molecule has 3 rings (SSSR count). The van der Waals surface area contributed by atoms with E-state index in [0.717, 1.165) is 41.7 Å². The third kappa shape index (κ3) is 3.11. The Hall–Kier alpha value is -1.86. The van der Waals surface area contributed by atoms with Gasteiger partial charge in [0.2, 0.25) is 0 Å². The Morgan fingerprint density at radius 3 is 2.96 bits per heavy atom. The number of benzene rings is 1. The molecule has 7 heteroatoms. The van der Waals surface area contributed by atoms with Gasteiger partial charge in [-0.2, -0.15) is 0 Å². The zero-order valence-electron chi connectivity index (χ0n) is 12.6. The third-order valence-electron chi connectivity index (χ3n) is 3.94. The summed E-state index contributed by atoms with van der Waals surface area (Å²) in [7, 11) is 0. The van der Waals surface area contributed by atoms with Gasteiger partial charge in [0.15, 0.2) is 0 Å². The number of rotatable bonds is 4. The summed E-state index contributed by atoms with van der Waals surface area (Å²) in [6.07, 6.45) is 2.79. The van der Waals surface area contributed by atoms with Crippen molar-refractivity contribution < 1.29 is 14.7 Å². The molecule has 2 aliphatic heterocycles. The molecule has 1 fully saturated rings. The average Bonchev–Trinajstić information content (AvgIpc) is 3.03. The number of thioether (sulfide) groups is 1. The highest BCUT2D eigenvalue weighted by Crippen LogP contribution is 2.34. The number of carboxylic acid groups (broad SMARTS) is 1. The maximum Gasteiger partial charge on any atom is 0.323 e. The smallest absolute Gasteiger partial charge is 0.323 e. The standard InChI is InChI=1S/C16H16N2O3S2/c1-2-17-6-5-11-7-10(3-4-12(11)17)8-13-15(21)18(9-14(19)20)16(22)23-13/h3-4,7-8H,2,5-6,9H2,1H3,(H,19,20)/b13-8+. The highest BCUT2D eigenvalue weighted by molar-refractivity contribution is 8.26. The van der Waals surface area contributed by atoms with Gasteiger partial charge in [0, 0.05) is 18.8 Å². The molecule has 0 radical (unpaired) electrons. The van der Waals surface area contributed by atoms with Gasteiger partial charge in [-0.1, -0.05) is 30.0 Å². The number of hydrogen-bond donors (Lipinski definition) is 1. The number of amides is 1. The second-order valence-corrected chi connectivity index (χ2v) is 7.06. The van der Waals surface area contributed by atoms with E-state index in [-0.39, 0.29) is 5.91 Å². The van der Waals surface area contributed by atoms with Crippen molar-refractivity contribution in [2.24, 2.45) is 0 Å². The van der Waals surface area contributed by atoms with Gasteiger partial charge in [-0.15, -0.1) is 0 Å². The minimum Gasteiger partial charge on any atom is -0.480 e. The Morgan fingerprint density at radius 1 is 1.48 bits per heavy atom. The minimum absolute atomic E-state index is 0.293. The molecule has 23 heavy (non-hydrogen) atoms. The maximum atomic E-state index is 12.3. The summed E-state index contributed by atoms with van der Waals surface area (Å²) in [5, 5.41) is 8.85. The van der Waals surface area contributed by atoms with Crippen molar-refractivity contribution in [1.29, 1.82) is 0 Å². The van der Waals surface area contributed by atoms with Crippen LogP contribution in [0.15, 0.2) is 23.1 Å². The van der Waals surface area contributed by atoms with E-state index in [1.54, 1.807) is 6.08 Å². The van der Waals surface area contributed by atoms with Crippen LogP contribution in [0.25, 0.3) is 6.08 Å². The summed E-state index contributed by atoms with van der Waals surface area (Å²) in [6, 6.07) is 6.15. The van der Waals surface area contributed by atoms with Crippen molar-refractivity contribution in [3.8, 4) is 0 Å². The van der Waals surface area contributed by atoms with Gasteiger partial charge in [-0.05, 0) is 42.7 Å². The molecule has 0 aliphatic carbocycles. The van der Waals surface area contributed by atoms with Crippen LogP contribution in [0.2, 0.25) is 0 Å². The Kier molecular flexibility index (Phi) is 4.41. The fourth-order valence-corrected chi connectivity index (χ4v) is 4.09. The summed E-state index contributed by atoms with van der Waals surface area (Å²) in [5.41, 5.74) is 3.47. The SMILES string of the molecule is CCN1CCc2cc(/C=C3/SC(=S)N(CC(=O)O)C3=O)ccc21. The van der Waals surface area contributed by atoms with E-state index in [1.165, 1.54) is 11.3 Å². The first-order chi connectivity index (χ1) is 11.0. The molecule has 0 atom stereocenters. The predicted octanol–water partition coefficient (Wildman–Crippen LogP) is 2.35. The fraction of sp³-hybridized carbons (Fsp3) is 0.312. The number of nitrogens with zero attached hydrogens (tertiary/aromatic N) is 2. The summed E-state index contributed by atoms with van der Waals surface area (Å²) < 4.78 is 0.293.